The van der Waals surface area contributed by atoms with Crippen molar-refractivity contribution >= 4 is 10.0 Å². The highest BCUT2D eigenvalue weighted by Gasteiger charge is 2.56. The van der Waals surface area contributed by atoms with Gasteiger partial charge in [-0.25, -0.2) is 13.1 Å². The van der Waals surface area contributed by atoms with Gasteiger partial charge in [-0.1, -0.05) is 0 Å². The second kappa shape index (κ2) is 6.35. The third-order valence-corrected chi connectivity index (χ3v) is 6.35. The Kier molecular flexibility index (Phi) is 4.59. The topological polar surface area (TPSA) is 97.8 Å². The van der Waals surface area contributed by atoms with Crippen molar-refractivity contribution in [3.8, 4) is 5.75 Å². The highest BCUT2D eigenvalue weighted by molar-refractivity contribution is 7.89. The molecule has 0 radical (unpaired) electrons. The largest absolute Gasteiger partial charge is 0.492 e. The molecule has 2 atom stereocenters. The van der Waals surface area contributed by atoms with Gasteiger partial charge in [-0.3, -0.25) is 4.98 Å². The van der Waals surface area contributed by atoms with Gasteiger partial charge in [-0.15, -0.1) is 0 Å². The van der Waals surface area contributed by atoms with Crippen molar-refractivity contribution in [2.75, 3.05) is 19.8 Å². The molecular formula is C15H22N2O5S. The van der Waals surface area contributed by atoms with Crippen LogP contribution in [0.5, 0.6) is 5.75 Å². The highest BCUT2D eigenvalue weighted by Crippen LogP contribution is 2.49. The Bertz CT molecular complexity index is 658. The molecule has 3 rings (SSSR count). The van der Waals surface area contributed by atoms with Crippen LogP contribution in [0.3, 0.4) is 0 Å². The van der Waals surface area contributed by atoms with Gasteiger partial charge >= 0.3 is 0 Å². The molecule has 1 aromatic heterocycles. The number of nitrogens with one attached hydrogen (secondary N) is 1. The first-order chi connectivity index (χ1) is 11.0. The average Bonchev–Trinajstić information content (AvgIpc) is 2.56. The van der Waals surface area contributed by atoms with Crippen LogP contribution in [-0.4, -0.2) is 50.5 Å². The van der Waals surface area contributed by atoms with Crippen molar-refractivity contribution in [3.63, 3.8) is 0 Å². The van der Waals surface area contributed by atoms with E-state index in [2.05, 4.69) is 9.71 Å². The molecule has 0 unspecified atom stereocenters. The number of rotatable bonds is 5. The number of sulfonamides is 1. The zero-order chi connectivity index (χ0) is 16.5. The monoisotopic (exact) mass is 342 g/mol. The van der Waals surface area contributed by atoms with Crippen LogP contribution in [0, 0.1) is 5.41 Å². The van der Waals surface area contributed by atoms with Gasteiger partial charge < -0.3 is 14.6 Å². The molecule has 23 heavy (non-hydrogen) atoms. The Morgan fingerprint density at radius 2 is 2.22 bits per heavy atom. The van der Waals surface area contributed by atoms with E-state index in [1.807, 2.05) is 0 Å². The fourth-order valence-corrected chi connectivity index (χ4v) is 4.88. The lowest BCUT2D eigenvalue weighted by Gasteiger charge is -2.55. The minimum atomic E-state index is -3.76. The molecule has 2 heterocycles. The molecule has 1 saturated heterocycles. The van der Waals surface area contributed by atoms with Crippen molar-refractivity contribution in [3.05, 3.63) is 18.5 Å². The van der Waals surface area contributed by atoms with Crippen molar-refractivity contribution in [2.24, 2.45) is 5.41 Å². The normalized spacial score (nSPS) is 26.7. The smallest absolute Gasteiger partial charge is 0.246 e. The molecule has 7 nitrogen and oxygen atoms in total. The van der Waals surface area contributed by atoms with Crippen LogP contribution in [0.1, 0.15) is 26.2 Å². The fraction of sp³-hybridized carbons (Fsp3) is 0.667. The van der Waals surface area contributed by atoms with E-state index < -0.39 is 21.5 Å². The summed E-state index contributed by atoms with van der Waals surface area (Å²) in [6, 6.07) is 1.25. The first-order valence-electron chi connectivity index (χ1n) is 7.84. The summed E-state index contributed by atoms with van der Waals surface area (Å²) in [5.41, 5.74) is -0.417. The Labute approximate surface area is 136 Å². The summed E-state index contributed by atoms with van der Waals surface area (Å²) in [5.74, 6) is 0.288. The molecule has 2 N–H and O–H groups in total. The van der Waals surface area contributed by atoms with Gasteiger partial charge in [0.25, 0.3) is 0 Å². The van der Waals surface area contributed by atoms with Crippen LogP contribution in [0.15, 0.2) is 23.4 Å². The van der Waals surface area contributed by atoms with Crippen LogP contribution >= 0.6 is 0 Å². The number of ether oxygens (including phenoxy) is 2. The molecule has 1 saturated carbocycles. The number of hydrogen-bond donors (Lipinski definition) is 2. The summed E-state index contributed by atoms with van der Waals surface area (Å²) in [6.45, 7) is 3.26. The second-order valence-electron chi connectivity index (χ2n) is 6.03. The van der Waals surface area contributed by atoms with Crippen LogP contribution < -0.4 is 9.46 Å². The summed E-state index contributed by atoms with van der Waals surface area (Å²) in [6.07, 6.45) is 4.04. The maximum Gasteiger partial charge on any atom is 0.246 e. The molecule has 1 aromatic rings. The number of aliphatic hydroxyl groups excluding tert-OH is 1. The van der Waals surface area contributed by atoms with E-state index in [0.29, 0.717) is 39.1 Å². The Morgan fingerprint density at radius 3 is 2.87 bits per heavy atom. The summed E-state index contributed by atoms with van der Waals surface area (Å²) in [7, 11) is -3.76. The maximum absolute atomic E-state index is 12.7. The van der Waals surface area contributed by atoms with Crippen molar-refractivity contribution in [1.29, 1.82) is 0 Å². The summed E-state index contributed by atoms with van der Waals surface area (Å²) < 4.78 is 38.9. The van der Waals surface area contributed by atoms with Crippen LogP contribution in [-0.2, 0) is 14.8 Å². The number of pyridine rings is 1. The molecule has 2 aliphatic rings. The molecule has 1 aliphatic carbocycles. The number of aliphatic hydroxyl groups is 1. The van der Waals surface area contributed by atoms with Gasteiger partial charge in [-0.2, -0.15) is 0 Å². The molecule has 0 amide bonds. The van der Waals surface area contributed by atoms with Crippen molar-refractivity contribution in [1.82, 2.24) is 9.71 Å². The lowest BCUT2D eigenvalue weighted by atomic mass is 9.58. The molecule has 0 bridgehead atoms. The van der Waals surface area contributed by atoms with Gasteiger partial charge in [0.1, 0.15) is 10.6 Å². The standard InChI is InChI=1S/C15H22N2O5S/c1-2-22-11-3-6-16-10-12(11)23(19,20)17-13-9-14(18)15(13)4-7-21-8-5-15/h3,6,10,13-14,17-18H,2,4-5,7-9H2,1H3/t13-,14-/m1/s1. The maximum atomic E-state index is 12.7. The zero-order valence-corrected chi connectivity index (χ0v) is 13.9. The van der Waals surface area contributed by atoms with Gasteiger partial charge in [0.15, 0.2) is 0 Å². The number of nitrogens with zero attached hydrogens (tertiary/aromatic N) is 1. The van der Waals surface area contributed by atoms with E-state index in [0.717, 1.165) is 0 Å². The van der Waals surface area contributed by atoms with E-state index >= 15 is 0 Å². The van der Waals surface area contributed by atoms with E-state index in [9.17, 15) is 13.5 Å². The molecule has 128 valence electrons. The molecule has 1 aliphatic heterocycles. The van der Waals surface area contributed by atoms with Gasteiger partial charge in [0.05, 0.1) is 18.9 Å². The minimum Gasteiger partial charge on any atom is -0.492 e. The van der Waals surface area contributed by atoms with Crippen LogP contribution in [0.4, 0.5) is 0 Å². The fourth-order valence-electron chi connectivity index (χ4n) is 3.46. The van der Waals surface area contributed by atoms with E-state index in [1.54, 1.807) is 6.92 Å². The Morgan fingerprint density at radius 1 is 1.48 bits per heavy atom. The highest BCUT2D eigenvalue weighted by atomic mass is 32.2. The van der Waals surface area contributed by atoms with E-state index in [4.69, 9.17) is 9.47 Å². The molecule has 2 fully saturated rings. The predicted octanol–water partition coefficient (Wildman–Crippen LogP) is 0.689. The third kappa shape index (κ3) is 2.96. The SMILES string of the molecule is CCOc1ccncc1S(=O)(=O)N[C@@H]1C[C@@H](O)C12CCOCC2. The van der Waals surface area contributed by atoms with Crippen LogP contribution in [0.2, 0.25) is 0 Å². The van der Waals surface area contributed by atoms with Gasteiger partial charge in [0, 0.05) is 30.9 Å². The molecule has 8 heteroatoms. The quantitative estimate of drug-likeness (QED) is 0.817. The summed E-state index contributed by atoms with van der Waals surface area (Å²) in [4.78, 5) is 3.93. The Balaban J connectivity index is 1.82. The minimum absolute atomic E-state index is 0.0328. The van der Waals surface area contributed by atoms with Gasteiger partial charge in [0.2, 0.25) is 10.0 Å². The number of hydrogen-bond acceptors (Lipinski definition) is 6. The summed E-state index contributed by atoms with van der Waals surface area (Å²) >= 11 is 0. The van der Waals surface area contributed by atoms with Crippen molar-refractivity contribution < 1.29 is 23.0 Å². The summed E-state index contributed by atoms with van der Waals surface area (Å²) in [5, 5.41) is 10.2. The first-order valence-corrected chi connectivity index (χ1v) is 9.33. The van der Waals surface area contributed by atoms with Crippen molar-refractivity contribution in [2.45, 2.75) is 43.2 Å². The second-order valence-corrected chi connectivity index (χ2v) is 7.71. The first kappa shape index (κ1) is 16.6. The van der Waals surface area contributed by atoms with Gasteiger partial charge in [-0.05, 0) is 32.3 Å². The predicted molar refractivity (Wildman–Crippen MR) is 82.6 cm³/mol. The number of aromatic nitrogens is 1. The van der Waals surface area contributed by atoms with E-state index in [-0.39, 0.29) is 16.7 Å². The molecule has 1 spiro atoms. The lowest BCUT2D eigenvalue weighted by molar-refractivity contribution is -0.143. The average molecular weight is 342 g/mol. The third-order valence-electron chi connectivity index (χ3n) is 4.87. The Hall–Kier alpha value is -1.22. The molecule has 0 aromatic carbocycles. The van der Waals surface area contributed by atoms with Crippen LogP contribution in [0.25, 0.3) is 0 Å². The lowest BCUT2D eigenvalue weighted by Crippen LogP contribution is -2.65. The molecular weight excluding hydrogens is 320 g/mol. The zero-order valence-electron chi connectivity index (χ0n) is 13.1. The van der Waals surface area contributed by atoms with E-state index in [1.165, 1.54) is 18.5 Å².